The third-order valence-corrected chi connectivity index (χ3v) is 3.43. The monoisotopic (exact) mass is 246 g/mol. The zero-order chi connectivity index (χ0) is 10.7. The highest BCUT2D eigenvalue weighted by Gasteiger charge is 2.50. The van der Waals surface area contributed by atoms with Crippen LogP contribution in [0.3, 0.4) is 0 Å². The zero-order valence-corrected chi connectivity index (χ0v) is 10.8. The average molecular weight is 247 g/mol. The molecule has 2 N–H and O–H groups in total. The molecular weight excluding hydrogens is 224 g/mol. The van der Waals surface area contributed by atoms with E-state index in [2.05, 4.69) is 17.6 Å². The molecule has 0 aromatic carbocycles. The molecule has 2 aliphatic rings. The van der Waals surface area contributed by atoms with Crippen LogP contribution in [0.1, 0.15) is 32.6 Å². The summed E-state index contributed by atoms with van der Waals surface area (Å²) in [5, 5.41) is 6.30. The van der Waals surface area contributed by atoms with Gasteiger partial charge in [-0.15, -0.1) is 12.4 Å². The highest BCUT2D eigenvalue weighted by Crippen LogP contribution is 2.54. The predicted octanol–water partition coefficient (Wildman–Crippen LogP) is 1.57. The van der Waals surface area contributed by atoms with E-state index in [1.54, 1.807) is 0 Å². The average Bonchev–Trinajstić information content (AvgIpc) is 3.05. The van der Waals surface area contributed by atoms with Gasteiger partial charge >= 0.3 is 0 Å². The van der Waals surface area contributed by atoms with Gasteiger partial charge in [-0.3, -0.25) is 4.79 Å². The van der Waals surface area contributed by atoms with Gasteiger partial charge in [-0.1, -0.05) is 6.92 Å². The molecule has 2 fully saturated rings. The lowest BCUT2D eigenvalue weighted by Gasteiger charge is -2.05. The molecule has 0 saturated heterocycles. The van der Waals surface area contributed by atoms with Gasteiger partial charge in [0.15, 0.2) is 0 Å². The summed E-state index contributed by atoms with van der Waals surface area (Å²) in [4.78, 5) is 11.6. The number of hydrogen-bond acceptors (Lipinski definition) is 2. The summed E-state index contributed by atoms with van der Waals surface area (Å²) in [6.07, 6.45) is 5.04. The van der Waals surface area contributed by atoms with Crippen LogP contribution in [0.25, 0.3) is 0 Å². The number of nitrogens with one attached hydrogen (secondary N) is 2. The van der Waals surface area contributed by atoms with Gasteiger partial charge in [-0.05, 0) is 44.1 Å². The fourth-order valence-corrected chi connectivity index (χ4v) is 2.27. The summed E-state index contributed by atoms with van der Waals surface area (Å²) in [6, 6.07) is 0. The molecule has 94 valence electrons. The van der Waals surface area contributed by atoms with Crippen LogP contribution >= 0.6 is 12.4 Å². The molecular formula is C12H23ClN2O. The number of hydrogen-bond donors (Lipinski definition) is 2. The number of carbonyl (C=O) groups excluding carboxylic acids is 1. The second-order valence-electron chi connectivity index (χ2n) is 4.88. The van der Waals surface area contributed by atoms with Crippen molar-refractivity contribution in [1.82, 2.24) is 10.6 Å². The minimum Gasteiger partial charge on any atom is -0.355 e. The summed E-state index contributed by atoms with van der Waals surface area (Å²) in [5.74, 6) is 2.31. The molecule has 2 atom stereocenters. The summed E-state index contributed by atoms with van der Waals surface area (Å²) in [7, 11) is 0. The number of rotatable bonds is 7. The SMILES string of the molecule is CCCNCCNC(=O)C1CC1C1CC1.Cl. The maximum atomic E-state index is 11.6. The van der Waals surface area contributed by atoms with Gasteiger partial charge in [0, 0.05) is 19.0 Å². The second kappa shape index (κ2) is 6.45. The lowest BCUT2D eigenvalue weighted by Crippen LogP contribution is -2.33. The molecule has 0 bridgehead atoms. The third kappa shape index (κ3) is 3.95. The van der Waals surface area contributed by atoms with Crippen molar-refractivity contribution in [1.29, 1.82) is 0 Å². The normalized spacial score (nSPS) is 27.1. The van der Waals surface area contributed by atoms with Gasteiger partial charge in [-0.25, -0.2) is 0 Å². The van der Waals surface area contributed by atoms with Crippen molar-refractivity contribution in [3.63, 3.8) is 0 Å². The zero-order valence-electron chi connectivity index (χ0n) is 10.00. The molecule has 2 saturated carbocycles. The minimum atomic E-state index is 0. The number of carbonyl (C=O) groups is 1. The van der Waals surface area contributed by atoms with Gasteiger partial charge in [0.05, 0.1) is 0 Å². The molecule has 0 radical (unpaired) electrons. The Balaban J connectivity index is 0.00000128. The van der Waals surface area contributed by atoms with Crippen molar-refractivity contribution >= 4 is 18.3 Å². The van der Waals surface area contributed by atoms with Crippen LogP contribution in [0.15, 0.2) is 0 Å². The lowest BCUT2D eigenvalue weighted by atomic mass is 10.2. The van der Waals surface area contributed by atoms with Crippen LogP contribution < -0.4 is 10.6 Å². The van der Waals surface area contributed by atoms with Crippen molar-refractivity contribution in [2.24, 2.45) is 17.8 Å². The van der Waals surface area contributed by atoms with E-state index < -0.39 is 0 Å². The predicted molar refractivity (Wildman–Crippen MR) is 67.7 cm³/mol. The van der Waals surface area contributed by atoms with Crippen molar-refractivity contribution in [2.75, 3.05) is 19.6 Å². The Morgan fingerprint density at radius 2 is 2.00 bits per heavy atom. The molecule has 0 spiro atoms. The molecule has 0 aromatic rings. The molecule has 2 unspecified atom stereocenters. The van der Waals surface area contributed by atoms with Crippen LogP contribution in [0.4, 0.5) is 0 Å². The maximum absolute atomic E-state index is 11.6. The maximum Gasteiger partial charge on any atom is 0.223 e. The topological polar surface area (TPSA) is 41.1 Å². The van der Waals surface area contributed by atoms with Gasteiger partial charge in [0.1, 0.15) is 0 Å². The van der Waals surface area contributed by atoms with Crippen LogP contribution in [-0.4, -0.2) is 25.5 Å². The van der Waals surface area contributed by atoms with E-state index in [0.29, 0.717) is 11.8 Å². The summed E-state index contributed by atoms with van der Waals surface area (Å²) in [6.45, 7) is 4.88. The quantitative estimate of drug-likeness (QED) is 0.670. The molecule has 1 amide bonds. The lowest BCUT2D eigenvalue weighted by molar-refractivity contribution is -0.122. The smallest absolute Gasteiger partial charge is 0.223 e. The molecule has 2 rings (SSSR count). The molecule has 3 nitrogen and oxygen atoms in total. The molecule has 0 aliphatic heterocycles. The largest absolute Gasteiger partial charge is 0.355 e. The summed E-state index contributed by atoms with van der Waals surface area (Å²) >= 11 is 0. The second-order valence-corrected chi connectivity index (χ2v) is 4.88. The number of amides is 1. The van der Waals surface area contributed by atoms with Crippen LogP contribution in [-0.2, 0) is 4.79 Å². The summed E-state index contributed by atoms with van der Waals surface area (Å²) in [5.41, 5.74) is 0. The van der Waals surface area contributed by atoms with E-state index in [4.69, 9.17) is 0 Å². The van der Waals surface area contributed by atoms with Crippen molar-refractivity contribution in [2.45, 2.75) is 32.6 Å². The Hall–Kier alpha value is -0.280. The third-order valence-electron chi connectivity index (χ3n) is 3.43. The van der Waals surface area contributed by atoms with E-state index in [-0.39, 0.29) is 12.4 Å². The first-order valence-electron chi connectivity index (χ1n) is 6.31. The van der Waals surface area contributed by atoms with E-state index in [9.17, 15) is 4.79 Å². The van der Waals surface area contributed by atoms with Crippen molar-refractivity contribution < 1.29 is 4.79 Å². The Morgan fingerprint density at radius 1 is 1.25 bits per heavy atom. The molecule has 0 heterocycles. The Bertz CT molecular complexity index is 231. The highest BCUT2D eigenvalue weighted by atomic mass is 35.5. The van der Waals surface area contributed by atoms with E-state index in [1.165, 1.54) is 12.8 Å². The van der Waals surface area contributed by atoms with Gasteiger partial charge < -0.3 is 10.6 Å². The van der Waals surface area contributed by atoms with Gasteiger partial charge in [0.2, 0.25) is 5.91 Å². The fourth-order valence-electron chi connectivity index (χ4n) is 2.27. The highest BCUT2D eigenvalue weighted by molar-refractivity contribution is 5.85. The first-order chi connectivity index (χ1) is 7.33. The summed E-state index contributed by atoms with van der Waals surface area (Å²) < 4.78 is 0. The van der Waals surface area contributed by atoms with E-state index in [1.807, 2.05) is 0 Å². The Labute approximate surface area is 104 Å². The minimum absolute atomic E-state index is 0. The van der Waals surface area contributed by atoms with Crippen LogP contribution in [0.5, 0.6) is 0 Å². The van der Waals surface area contributed by atoms with Gasteiger partial charge in [0.25, 0.3) is 0 Å². The Morgan fingerprint density at radius 3 is 2.62 bits per heavy atom. The van der Waals surface area contributed by atoms with E-state index >= 15 is 0 Å². The fraction of sp³-hybridized carbons (Fsp3) is 0.917. The van der Waals surface area contributed by atoms with Crippen LogP contribution in [0.2, 0.25) is 0 Å². The standard InChI is InChI=1S/C12H22N2O.ClH/c1-2-5-13-6-7-14-12(15)11-8-10(11)9-3-4-9;/h9-11,13H,2-8H2,1H3,(H,14,15);1H. The molecule has 16 heavy (non-hydrogen) atoms. The number of halogens is 1. The van der Waals surface area contributed by atoms with Crippen molar-refractivity contribution in [3.8, 4) is 0 Å². The molecule has 4 heteroatoms. The molecule has 2 aliphatic carbocycles. The van der Waals surface area contributed by atoms with Crippen molar-refractivity contribution in [3.05, 3.63) is 0 Å². The van der Waals surface area contributed by atoms with Crippen LogP contribution in [0, 0.1) is 17.8 Å². The first kappa shape index (κ1) is 13.8. The Kier molecular flexibility index (Phi) is 5.56. The van der Waals surface area contributed by atoms with Gasteiger partial charge in [-0.2, -0.15) is 0 Å². The molecule has 0 aromatic heterocycles. The first-order valence-corrected chi connectivity index (χ1v) is 6.31. The van der Waals surface area contributed by atoms with E-state index in [0.717, 1.165) is 44.3 Å².